The van der Waals surface area contributed by atoms with Crippen LogP contribution < -0.4 is 0 Å². The van der Waals surface area contributed by atoms with Crippen LogP contribution in [0.5, 0.6) is 0 Å². The second kappa shape index (κ2) is 4.80. The Hall–Kier alpha value is -2.23. The number of aryl methyl sites for hydroxylation is 1. The summed E-state index contributed by atoms with van der Waals surface area (Å²) in [6.07, 6.45) is 3.70. The highest BCUT2D eigenvalue weighted by Gasteiger charge is 2.25. The van der Waals surface area contributed by atoms with Crippen molar-refractivity contribution in [1.82, 2.24) is 9.97 Å². The van der Waals surface area contributed by atoms with Gasteiger partial charge in [0.25, 0.3) is 0 Å². The fourth-order valence-corrected chi connectivity index (χ4v) is 2.44. The Kier molecular flexibility index (Phi) is 2.99. The molecular formula is C15H14N2O2. The lowest BCUT2D eigenvalue weighted by molar-refractivity contribution is -0.142. The molecule has 0 fully saturated rings. The molecule has 1 aromatic heterocycles. The highest BCUT2D eigenvalue weighted by atomic mass is 16.4. The molecule has 0 spiro atoms. The van der Waals surface area contributed by atoms with Gasteiger partial charge < -0.3 is 5.11 Å². The minimum absolute atomic E-state index is 0.293. The van der Waals surface area contributed by atoms with Gasteiger partial charge in [0, 0.05) is 17.5 Å². The number of aliphatic carboxylic acids is 1. The van der Waals surface area contributed by atoms with Gasteiger partial charge in [-0.25, -0.2) is 9.97 Å². The molecule has 3 rings (SSSR count). The number of rotatable bonds is 2. The summed E-state index contributed by atoms with van der Waals surface area (Å²) < 4.78 is 0. The van der Waals surface area contributed by atoms with Gasteiger partial charge in [-0.05, 0) is 24.8 Å². The number of hydrogen-bond donors (Lipinski definition) is 1. The van der Waals surface area contributed by atoms with Crippen LogP contribution in [0, 0.1) is 5.92 Å². The summed E-state index contributed by atoms with van der Waals surface area (Å²) in [6.45, 7) is 0. The molecule has 4 heteroatoms. The van der Waals surface area contributed by atoms with Gasteiger partial charge in [0.1, 0.15) is 0 Å². The summed E-state index contributed by atoms with van der Waals surface area (Å²) >= 11 is 0. The Morgan fingerprint density at radius 2 is 2.05 bits per heavy atom. The summed E-state index contributed by atoms with van der Waals surface area (Å²) in [6, 6.07) is 9.83. The van der Waals surface area contributed by atoms with Crippen molar-refractivity contribution in [3.63, 3.8) is 0 Å². The molecule has 0 radical (unpaired) electrons. The molecule has 2 aromatic rings. The largest absolute Gasteiger partial charge is 0.481 e. The van der Waals surface area contributed by atoms with Crippen LogP contribution in [-0.2, 0) is 17.6 Å². The zero-order valence-corrected chi connectivity index (χ0v) is 10.4. The third-order valence-electron chi connectivity index (χ3n) is 3.53. The molecule has 96 valence electrons. The third-order valence-corrected chi connectivity index (χ3v) is 3.53. The number of carbonyl (C=O) groups is 1. The number of nitrogens with zero attached hydrogens (tertiary/aromatic N) is 2. The summed E-state index contributed by atoms with van der Waals surface area (Å²) in [4.78, 5) is 19.9. The SMILES string of the molecule is O=C(O)C1CCc2nc(-c3ccccc3)ncc2C1. The van der Waals surface area contributed by atoms with E-state index in [1.54, 1.807) is 6.20 Å². The van der Waals surface area contributed by atoms with Gasteiger partial charge in [0.2, 0.25) is 0 Å². The minimum Gasteiger partial charge on any atom is -0.481 e. The van der Waals surface area contributed by atoms with Crippen LogP contribution in [0.25, 0.3) is 11.4 Å². The van der Waals surface area contributed by atoms with Crippen LogP contribution in [0.1, 0.15) is 17.7 Å². The van der Waals surface area contributed by atoms with Crippen molar-refractivity contribution < 1.29 is 9.90 Å². The maximum atomic E-state index is 11.0. The topological polar surface area (TPSA) is 63.1 Å². The number of aromatic nitrogens is 2. The van der Waals surface area contributed by atoms with Crippen molar-refractivity contribution in [2.45, 2.75) is 19.3 Å². The fraction of sp³-hybridized carbons (Fsp3) is 0.267. The maximum absolute atomic E-state index is 11.0. The monoisotopic (exact) mass is 254 g/mol. The van der Waals surface area contributed by atoms with Crippen molar-refractivity contribution in [2.75, 3.05) is 0 Å². The molecule has 0 bridgehead atoms. The van der Waals surface area contributed by atoms with E-state index in [0.29, 0.717) is 25.1 Å². The summed E-state index contributed by atoms with van der Waals surface area (Å²) in [7, 11) is 0. The van der Waals surface area contributed by atoms with Crippen LogP contribution in [0.4, 0.5) is 0 Å². The second-order valence-corrected chi connectivity index (χ2v) is 4.81. The molecule has 1 N–H and O–H groups in total. The lowest BCUT2D eigenvalue weighted by atomic mass is 9.87. The molecule has 0 aliphatic heterocycles. The Morgan fingerprint density at radius 1 is 1.26 bits per heavy atom. The van der Waals surface area contributed by atoms with Crippen LogP contribution in [-0.4, -0.2) is 21.0 Å². The van der Waals surface area contributed by atoms with Gasteiger partial charge in [0.05, 0.1) is 5.92 Å². The molecule has 1 heterocycles. The van der Waals surface area contributed by atoms with Gasteiger partial charge in [-0.15, -0.1) is 0 Å². The quantitative estimate of drug-likeness (QED) is 0.893. The number of carboxylic acids is 1. The van der Waals surface area contributed by atoms with Gasteiger partial charge in [-0.2, -0.15) is 0 Å². The van der Waals surface area contributed by atoms with Gasteiger partial charge >= 0.3 is 5.97 Å². The molecule has 0 saturated heterocycles. The van der Waals surface area contributed by atoms with Gasteiger partial charge in [0.15, 0.2) is 5.82 Å². The first-order valence-electron chi connectivity index (χ1n) is 6.37. The van der Waals surface area contributed by atoms with E-state index in [1.165, 1.54) is 0 Å². The molecule has 1 aromatic carbocycles. The van der Waals surface area contributed by atoms with Crippen molar-refractivity contribution in [3.8, 4) is 11.4 Å². The Balaban J connectivity index is 1.92. The van der Waals surface area contributed by atoms with Gasteiger partial charge in [-0.3, -0.25) is 4.79 Å². The molecule has 1 atom stereocenters. The molecule has 4 nitrogen and oxygen atoms in total. The van der Waals surface area contributed by atoms with Crippen molar-refractivity contribution >= 4 is 5.97 Å². The third kappa shape index (κ3) is 2.34. The molecule has 1 unspecified atom stereocenters. The second-order valence-electron chi connectivity index (χ2n) is 4.81. The summed E-state index contributed by atoms with van der Waals surface area (Å²) in [5, 5.41) is 9.06. The van der Waals surface area contributed by atoms with Gasteiger partial charge in [-0.1, -0.05) is 30.3 Å². The molecule has 0 saturated carbocycles. The van der Waals surface area contributed by atoms with E-state index in [0.717, 1.165) is 16.8 Å². The van der Waals surface area contributed by atoms with E-state index < -0.39 is 5.97 Å². The number of fused-ring (bicyclic) bond motifs is 1. The summed E-state index contributed by atoms with van der Waals surface area (Å²) in [5.41, 5.74) is 2.95. The normalized spacial score (nSPS) is 17.8. The highest BCUT2D eigenvalue weighted by Crippen LogP contribution is 2.25. The van der Waals surface area contributed by atoms with E-state index in [2.05, 4.69) is 9.97 Å². The number of benzene rings is 1. The average Bonchev–Trinajstić information content (AvgIpc) is 2.47. The molecule has 1 aliphatic carbocycles. The van der Waals surface area contributed by atoms with E-state index in [4.69, 9.17) is 5.11 Å². The molecule has 19 heavy (non-hydrogen) atoms. The first kappa shape index (κ1) is 11.8. The Morgan fingerprint density at radius 3 is 2.79 bits per heavy atom. The zero-order valence-electron chi connectivity index (χ0n) is 10.4. The minimum atomic E-state index is -0.724. The Labute approximate surface area is 111 Å². The standard InChI is InChI=1S/C15H14N2O2/c18-15(19)11-6-7-13-12(8-11)9-16-14(17-13)10-4-2-1-3-5-10/h1-5,9,11H,6-8H2,(H,18,19). The molecular weight excluding hydrogens is 240 g/mol. The van der Waals surface area contributed by atoms with E-state index in [-0.39, 0.29) is 5.92 Å². The van der Waals surface area contributed by atoms with E-state index in [9.17, 15) is 4.79 Å². The predicted molar refractivity (Wildman–Crippen MR) is 70.6 cm³/mol. The highest BCUT2D eigenvalue weighted by molar-refractivity contribution is 5.71. The van der Waals surface area contributed by atoms with Crippen LogP contribution >= 0.6 is 0 Å². The van der Waals surface area contributed by atoms with Crippen molar-refractivity contribution in [1.29, 1.82) is 0 Å². The number of hydrogen-bond acceptors (Lipinski definition) is 3. The van der Waals surface area contributed by atoms with E-state index in [1.807, 2.05) is 30.3 Å². The molecule has 0 amide bonds. The zero-order chi connectivity index (χ0) is 13.2. The van der Waals surface area contributed by atoms with Crippen molar-refractivity contribution in [2.24, 2.45) is 5.92 Å². The first-order valence-corrected chi connectivity index (χ1v) is 6.37. The first-order chi connectivity index (χ1) is 9.24. The van der Waals surface area contributed by atoms with Crippen LogP contribution in [0.2, 0.25) is 0 Å². The average molecular weight is 254 g/mol. The number of carboxylic acid groups (broad SMARTS) is 1. The lowest BCUT2D eigenvalue weighted by Crippen LogP contribution is -2.23. The fourth-order valence-electron chi connectivity index (χ4n) is 2.44. The maximum Gasteiger partial charge on any atom is 0.306 e. The summed E-state index contributed by atoms with van der Waals surface area (Å²) in [5.74, 6) is -0.301. The lowest BCUT2D eigenvalue weighted by Gasteiger charge is -2.20. The molecule has 1 aliphatic rings. The Bertz CT molecular complexity index is 611. The predicted octanol–water partition coefficient (Wildman–Crippen LogP) is 2.33. The van der Waals surface area contributed by atoms with Crippen LogP contribution in [0.3, 0.4) is 0 Å². The van der Waals surface area contributed by atoms with Crippen molar-refractivity contribution in [3.05, 3.63) is 47.8 Å². The van der Waals surface area contributed by atoms with Crippen LogP contribution in [0.15, 0.2) is 36.5 Å². The van der Waals surface area contributed by atoms with E-state index >= 15 is 0 Å². The smallest absolute Gasteiger partial charge is 0.306 e.